The van der Waals surface area contributed by atoms with Gasteiger partial charge in [0.15, 0.2) is 0 Å². The van der Waals surface area contributed by atoms with E-state index in [9.17, 15) is 13.2 Å². The normalized spacial score (nSPS) is 11.7. The van der Waals surface area contributed by atoms with Crippen LogP contribution in [0, 0.1) is 0 Å². The standard InChI is InChI=1S/C18H18ClN3O4S2/c1-26-18(23)4-2-3-11-9-14-15(6-8-17(19)21-14)22(11)28(24,25)12-5-7-16(27)13(20)10-12/h5-10,27H,2-4,20H2,1H3. The maximum atomic E-state index is 13.4. The van der Waals surface area contributed by atoms with Crippen molar-refractivity contribution in [2.24, 2.45) is 0 Å². The molecule has 0 atom stereocenters. The molecule has 2 N–H and O–H groups in total. The van der Waals surface area contributed by atoms with Crippen LogP contribution in [-0.4, -0.2) is 30.5 Å². The predicted molar refractivity (Wildman–Crippen MR) is 110 cm³/mol. The van der Waals surface area contributed by atoms with Crippen molar-refractivity contribution in [3.05, 3.63) is 47.2 Å². The number of benzene rings is 1. The highest BCUT2D eigenvalue weighted by atomic mass is 35.5. The number of ether oxygens (including phenoxy) is 1. The zero-order chi connectivity index (χ0) is 20.5. The van der Waals surface area contributed by atoms with Crippen LogP contribution in [0.3, 0.4) is 0 Å². The molecule has 0 aliphatic rings. The Kier molecular flexibility index (Phi) is 5.87. The molecule has 0 bridgehead atoms. The van der Waals surface area contributed by atoms with Crippen LogP contribution in [0.1, 0.15) is 18.5 Å². The molecule has 0 aliphatic heterocycles. The van der Waals surface area contributed by atoms with Crippen molar-refractivity contribution in [2.45, 2.75) is 29.1 Å². The monoisotopic (exact) mass is 439 g/mol. The smallest absolute Gasteiger partial charge is 0.305 e. The van der Waals surface area contributed by atoms with Crippen LogP contribution >= 0.6 is 24.2 Å². The number of hydrogen-bond acceptors (Lipinski definition) is 7. The Morgan fingerprint density at radius 2 is 2.04 bits per heavy atom. The van der Waals surface area contributed by atoms with Gasteiger partial charge in [-0.05, 0) is 49.2 Å². The Bertz CT molecular complexity index is 1160. The average Bonchev–Trinajstić information content (AvgIpc) is 3.01. The molecule has 148 valence electrons. The minimum Gasteiger partial charge on any atom is -0.469 e. The minimum atomic E-state index is -3.96. The van der Waals surface area contributed by atoms with Crippen LogP contribution in [0.15, 0.2) is 46.2 Å². The third-order valence-electron chi connectivity index (χ3n) is 4.23. The lowest BCUT2D eigenvalue weighted by Crippen LogP contribution is -2.16. The van der Waals surface area contributed by atoms with Gasteiger partial charge in [-0.15, -0.1) is 12.6 Å². The number of carbonyl (C=O) groups excluding carboxylic acids is 1. The summed E-state index contributed by atoms with van der Waals surface area (Å²) in [6, 6.07) is 9.13. The summed E-state index contributed by atoms with van der Waals surface area (Å²) in [5.41, 5.74) is 7.43. The van der Waals surface area contributed by atoms with Gasteiger partial charge in [-0.25, -0.2) is 17.4 Å². The number of halogens is 1. The van der Waals surface area contributed by atoms with E-state index in [0.717, 1.165) is 0 Å². The zero-order valence-electron chi connectivity index (χ0n) is 14.9. The molecule has 0 amide bonds. The van der Waals surface area contributed by atoms with Gasteiger partial charge in [0.1, 0.15) is 5.15 Å². The van der Waals surface area contributed by atoms with Gasteiger partial charge in [0.05, 0.1) is 23.0 Å². The second kappa shape index (κ2) is 8.02. The van der Waals surface area contributed by atoms with Gasteiger partial charge >= 0.3 is 5.97 Å². The number of carbonyl (C=O) groups is 1. The van der Waals surface area contributed by atoms with Crippen LogP contribution in [0.2, 0.25) is 5.15 Å². The lowest BCUT2D eigenvalue weighted by atomic mass is 10.2. The largest absolute Gasteiger partial charge is 0.469 e. The summed E-state index contributed by atoms with van der Waals surface area (Å²) >= 11 is 10.1. The molecule has 0 spiro atoms. The number of hydrogen-bond donors (Lipinski definition) is 2. The molecule has 2 heterocycles. The molecule has 0 radical (unpaired) electrons. The van der Waals surface area contributed by atoms with Gasteiger partial charge in [0, 0.05) is 22.7 Å². The van der Waals surface area contributed by atoms with Gasteiger partial charge in [-0.3, -0.25) is 4.79 Å². The van der Waals surface area contributed by atoms with Crippen molar-refractivity contribution in [2.75, 3.05) is 12.8 Å². The lowest BCUT2D eigenvalue weighted by molar-refractivity contribution is -0.140. The van der Waals surface area contributed by atoms with Gasteiger partial charge in [0.2, 0.25) is 0 Å². The Balaban J connectivity index is 2.12. The van der Waals surface area contributed by atoms with E-state index in [1.807, 2.05) is 0 Å². The Labute approximate surface area is 172 Å². The van der Waals surface area contributed by atoms with Crippen molar-refractivity contribution in [3.8, 4) is 0 Å². The van der Waals surface area contributed by atoms with Crippen molar-refractivity contribution < 1.29 is 17.9 Å². The number of pyridine rings is 1. The number of aromatic nitrogens is 2. The molecule has 0 saturated carbocycles. The number of fused-ring (bicyclic) bond motifs is 1. The highest BCUT2D eigenvalue weighted by Gasteiger charge is 2.24. The summed E-state index contributed by atoms with van der Waals surface area (Å²) in [5.74, 6) is -0.358. The predicted octanol–water partition coefficient (Wildman–Crippen LogP) is 3.29. The van der Waals surface area contributed by atoms with Crippen LogP contribution in [0.25, 0.3) is 11.0 Å². The molecule has 1 aromatic carbocycles. The number of nitrogens with zero attached hydrogens (tertiary/aromatic N) is 2. The molecule has 7 nitrogen and oxygen atoms in total. The number of aryl methyl sites for hydroxylation is 1. The van der Waals surface area contributed by atoms with Gasteiger partial charge < -0.3 is 10.5 Å². The first-order valence-electron chi connectivity index (χ1n) is 8.32. The quantitative estimate of drug-likeness (QED) is 0.264. The summed E-state index contributed by atoms with van der Waals surface area (Å²) in [6.07, 6.45) is 0.931. The first-order chi connectivity index (χ1) is 13.2. The van der Waals surface area contributed by atoms with Crippen molar-refractivity contribution in [3.63, 3.8) is 0 Å². The van der Waals surface area contributed by atoms with E-state index in [1.165, 1.54) is 35.3 Å². The average molecular weight is 440 g/mol. The summed E-state index contributed by atoms with van der Waals surface area (Å²) in [5, 5.41) is 0.256. The van der Waals surface area contributed by atoms with E-state index in [0.29, 0.717) is 34.5 Å². The van der Waals surface area contributed by atoms with Gasteiger partial charge in [0.25, 0.3) is 10.0 Å². The van der Waals surface area contributed by atoms with Crippen LogP contribution in [0.5, 0.6) is 0 Å². The fraction of sp³-hybridized carbons (Fsp3) is 0.222. The number of anilines is 1. The summed E-state index contributed by atoms with van der Waals surface area (Å²) in [4.78, 5) is 16.1. The second-order valence-electron chi connectivity index (χ2n) is 6.09. The molecular formula is C18H18ClN3O4S2. The number of thiol groups is 1. The molecule has 0 aliphatic carbocycles. The molecule has 3 aromatic rings. The van der Waals surface area contributed by atoms with Crippen LogP contribution < -0.4 is 5.73 Å². The van der Waals surface area contributed by atoms with Crippen molar-refractivity contribution in [1.82, 2.24) is 8.96 Å². The van der Waals surface area contributed by atoms with Crippen molar-refractivity contribution >= 4 is 56.9 Å². The van der Waals surface area contributed by atoms with Crippen LogP contribution in [0.4, 0.5) is 5.69 Å². The topological polar surface area (TPSA) is 104 Å². The van der Waals surface area contributed by atoms with E-state index in [-0.39, 0.29) is 28.1 Å². The molecule has 0 saturated heterocycles. The highest BCUT2D eigenvalue weighted by Crippen LogP contribution is 2.29. The number of esters is 1. The SMILES string of the molecule is COC(=O)CCCc1cc2nc(Cl)ccc2n1S(=O)(=O)c1ccc(S)c(N)c1. The molecule has 0 unspecified atom stereocenters. The van der Waals surface area contributed by atoms with E-state index < -0.39 is 10.0 Å². The number of methoxy groups -OCH3 is 1. The highest BCUT2D eigenvalue weighted by molar-refractivity contribution is 7.90. The maximum absolute atomic E-state index is 13.4. The first-order valence-corrected chi connectivity index (χ1v) is 10.6. The summed E-state index contributed by atoms with van der Waals surface area (Å²) in [6.45, 7) is 0. The Hall–Kier alpha value is -2.23. The number of nitrogens with two attached hydrogens (primary N) is 1. The first kappa shape index (κ1) is 20.5. The Morgan fingerprint density at radius 3 is 2.71 bits per heavy atom. The fourth-order valence-corrected chi connectivity index (χ4v) is 4.75. The molecule has 3 rings (SSSR count). The molecule has 10 heteroatoms. The van der Waals surface area contributed by atoms with Gasteiger partial charge in [-0.1, -0.05) is 11.6 Å². The van der Waals surface area contributed by atoms with E-state index in [2.05, 4.69) is 22.3 Å². The molecule has 28 heavy (non-hydrogen) atoms. The molecule has 0 fully saturated rings. The van der Waals surface area contributed by atoms with E-state index in [4.69, 9.17) is 17.3 Å². The number of rotatable bonds is 6. The minimum absolute atomic E-state index is 0.0319. The summed E-state index contributed by atoms with van der Waals surface area (Å²) < 4.78 is 32.6. The van der Waals surface area contributed by atoms with E-state index in [1.54, 1.807) is 12.1 Å². The maximum Gasteiger partial charge on any atom is 0.305 e. The third kappa shape index (κ3) is 3.96. The molecule has 2 aromatic heterocycles. The van der Waals surface area contributed by atoms with Gasteiger partial charge in [-0.2, -0.15) is 0 Å². The third-order valence-corrected chi connectivity index (χ3v) is 6.61. The lowest BCUT2D eigenvalue weighted by Gasteiger charge is -2.13. The Morgan fingerprint density at radius 1 is 1.29 bits per heavy atom. The van der Waals surface area contributed by atoms with Crippen molar-refractivity contribution in [1.29, 1.82) is 0 Å². The van der Waals surface area contributed by atoms with E-state index >= 15 is 0 Å². The second-order valence-corrected chi connectivity index (χ2v) is 8.75. The number of nitrogen functional groups attached to an aromatic ring is 1. The fourth-order valence-electron chi connectivity index (χ4n) is 2.86. The molecular weight excluding hydrogens is 422 g/mol. The zero-order valence-corrected chi connectivity index (χ0v) is 17.4. The summed E-state index contributed by atoms with van der Waals surface area (Å²) in [7, 11) is -2.65. The van der Waals surface area contributed by atoms with Crippen LogP contribution in [-0.2, 0) is 26.0 Å².